The number of para-hydroxylation sites is 2. The lowest BCUT2D eigenvalue weighted by atomic mass is 10.1. The molecule has 1 aromatic heterocycles. The van der Waals surface area contributed by atoms with Gasteiger partial charge in [0.2, 0.25) is 5.96 Å². The number of benzene rings is 4. The maximum absolute atomic E-state index is 5.13. The van der Waals surface area contributed by atoms with Gasteiger partial charge < -0.3 is 5.32 Å². The van der Waals surface area contributed by atoms with Crippen LogP contribution in [0.1, 0.15) is 23.5 Å². The molecule has 0 spiro atoms. The maximum atomic E-state index is 5.13. The number of aromatic nitrogens is 1. The van der Waals surface area contributed by atoms with Gasteiger partial charge in [-0.1, -0.05) is 97.1 Å². The van der Waals surface area contributed by atoms with Gasteiger partial charge in [-0.15, -0.1) is 0 Å². The van der Waals surface area contributed by atoms with Crippen molar-refractivity contribution in [1.82, 2.24) is 15.2 Å². The molecule has 4 heteroatoms. The number of hydrogen-bond donors (Lipinski definition) is 2. The van der Waals surface area contributed by atoms with E-state index >= 15 is 0 Å². The van der Waals surface area contributed by atoms with Crippen LogP contribution in [0, 0.1) is 0 Å². The van der Waals surface area contributed by atoms with Gasteiger partial charge in [0.1, 0.15) is 12.3 Å². The number of nitrogens with one attached hydrogen (secondary N) is 2. The molecular weight excluding hydrogens is 380 g/mol. The minimum atomic E-state index is -0.150. The first-order chi connectivity index (χ1) is 15.4. The quantitative estimate of drug-likeness (QED) is 0.404. The lowest BCUT2D eigenvalue weighted by Gasteiger charge is -2.32. The summed E-state index contributed by atoms with van der Waals surface area (Å²) in [5.41, 5.74) is 4.62. The van der Waals surface area contributed by atoms with Gasteiger partial charge in [0.15, 0.2) is 0 Å². The van der Waals surface area contributed by atoms with E-state index in [1.165, 1.54) is 16.3 Å². The molecule has 0 bridgehead atoms. The fourth-order valence-corrected chi connectivity index (χ4v) is 4.43. The topological polar surface area (TPSA) is 41.4 Å². The van der Waals surface area contributed by atoms with Gasteiger partial charge in [0.25, 0.3) is 0 Å². The zero-order valence-corrected chi connectivity index (χ0v) is 16.9. The second-order valence-electron chi connectivity index (χ2n) is 7.79. The number of aliphatic imine (C=N–C) groups is 1. The lowest BCUT2D eigenvalue weighted by Crippen LogP contribution is -2.47. The highest BCUT2D eigenvalue weighted by Crippen LogP contribution is 2.31. The Morgan fingerprint density at radius 2 is 1.10 bits per heavy atom. The Kier molecular flexibility index (Phi) is 4.29. The molecular formula is C27H22N4. The van der Waals surface area contributed by atoms with Crippen molar-refractivity contribution < 1.29 is 0 Å². The Morgan fingerprint density at radius 3 is 1.71 bits per heavy atom. The van der Waals surface area contributed by atoms with Crippen LogP contribution >= 0.6 is 0 Å². The molecule has 2 unspecified atom stereocenters. The fraction of sp³-hybridized carbons (Fsp3) is 0.0741. The summed E-state index contributed by atoms with van der Waals surface area (Å²) in [5.74, 6) is 0.846. The number of nitrogens with zero attached hydrogens (tertiary/aromatic N) is 2. The van der Waals surface area contributed by atoms with Gasteiger partial charge in [0.05, 0.1) is 11.0 Å². The van der Waals surface area contributed by atoms with Crippen LogP contribution in [0.2, 0.25) is 0 Å². The van der Waals surface area contributed by atoms with Crippen LogP contribution in [0.15, 0.2) is 114 Å². The average Bonchev–Trinajstić information content (AvgIpc) is 3.19. The predicted octanol–water partition coefficient (Wildman–Crippen LogP) is 5.59. The molecule has 6 rings (SSSR count). The van der Waals surface area contributed by atoms with Crippen molar-refractivity contribution in [2.45, 2.75) is 12.3 Å². The SMILES string of the molecule is c1ccc(C2N=C(n3c4ccccc4c4ccccc43)NC(c3ccccc3)N2)cc1. The van der Waals surface area contributed by atoms with Crippen molar-refractivity contribution in [3.63, 3.8) is 0 Å². The normalized spacial score (nSPS) is 18.6. The van der Waals surface area contributed by atoms with Crippen LogP contribution < -0.4 is 10.6 Å². The van der Waals surface area contributed by atoms with E-state index in [4.69, 9.17) is 4.99 Å². The summed E-state index contributed by atoms with van der Waals surface area (Å²) in [6.45, 7) is 0. The molecule has 150 valence electrons. The van der Waals surface area contributed by atoms with E-state index in [9.17, 15) is 0 Å². The summed E-state index contributed by atoms with van der Waals surface area (Å²) < 4.78 is 2.25. The van der Waals surface area contributed by atoms with Gasteiger partial charge in [-0.25, -0.2) is 4.99 Å². The molecule has 0 radical (unpaired) electrons. The van der Waals surface area contributed by atoms with E-state index in [1.807, 2.05) is 12.1 Å². The number of fused-ring (bicyclic) bond motifs is 3. The van der Waals surface area contributed by atoms with Crippen LogP contribution in [0.3, 0.4) is 0 Å². The highest BCUT2D eigenvalue weighted by molar-refractivity contribution is 6.13. The monoisotopic (exact) mass is 402 g/mol. The van der Waals surface area contributed by atoms with E-state index in [0.717, 1.165) is 22.6 Å². The molecule has 5 aromatic rings. The molecule has 0 fully saturated rings. The van der Waals surface area contributed by atoms with E-state index < -0.39 is 0 Å². The Balaban J connectivity index is 1.56. The summed E-state index contributed by atoms with van der Waals surface area (Å²) >= 11 is 0. The van der Waals surface area contributed by atoms with Gasteiger partial charge in [0, 0.05) is 10.8 Å². The standard InChI is InChI=1S/C27H22N4/c1-3-11-19(12-4-1)25-28-26(20-13-5-2-6-14-20)30-27(29-25)31-23-17-9-7-15-21(23)22-16-8-10-18-24(22)31/h1-18,25-26,28H,(H,29,30). The third kappa shape index (κ3) is 3.09. The van der Waals surface area contributed by atoms with E-state index in [2.05, 4.69) is 112 Å². The molecule has 1 aliphatic rings. The average molecular weight is 403 g/mol. The van der Waals surface area contributed by atoms with E-state index in [1.54, 1.807) is 0 Å². The summed E-state index contributed by atoms with van der Waals surface area (Å²) in [5, 5.41) is 9.78. The minimum Gasteiger partial charge on any atom is -0.336 e. The van der Waals surface area contributed by atoms with Crippen molar-refractivity contribution in [2.24, 2.45) is 4.99 Å². The van der Waals surface area contributed by atoms with Gasteiger partial charge >= 0.3 is 0 Å². The Hall–Kier alpha value is -3.89. The van der Waals surface area contributed by atoms with Crippen molar-refractivity contribution in [3.05, 3.63) is 120 Å². The Morgan fingerprint density at radius 1 is 0.581 bits per heavy atom. The largest absolute Gasteiger partial charge is 0.336 e. The highest BCUT2D eigenvalue weighted by Gasteiger charge is 2.27. The first kappa shape index (κ1) is 17.9. The van der Waals surface area contributed by atoms with Gasteiger partial charge in [-0.05, 0) is 23.3 Å². The zero-order valence-electron chi connectivity index (χ0n) is 16.9. The van der Waals surface area contributed by atoms with Crippen LogP contribution in [0.4, 0.5) is 0 Å². The third-order valence-corrected chi connectivity index (χ3v) is 5.89. The van der Waals surface area contributed by atoms with Crippen molar-refractivity contribution in [1.29, 1.82) is 0 Å². The molecule has 2 N–H and O–H groups in total. The smallest absolute Gasteiger partial charge is 0.206 e. The number of rotatable bonds is 2. The van der Waals surface area contributed by atoms with Crippen LogP contribution in [-0.4, -0.2) is 10.5 Å². The molecule has 31 heavy (non-hydrogen) atoms. The molecule has 4 aromatic carbocycles. The second kappa shape index (κ2) is 7.42. The minimum absolute atomic E-state index is 0.0566. The van der Waals surface area contributed by atoms with E-state index in [-0.39, 0.29) is 12.3 Å². The highest BCUT2D eigenvalue weighted by atomic mass is 15.4. The summed E-state index contributed by atoms with van der Waals surface area (Å²) in [4.78, 5) is 5.13. The van der Waals surface area contributed by atoms with Crippen LogP contribution in [-0.2, 0) is 0 Å². The molecule has 0 saturated heterocycles. The zero-order chi connectivity index (χ0) is 20.6. The number of hydrogen-bond acceptors (Lipinski definition) is 3. The Labute approximate surface area is 180 Å². The molecule has 2 atom stereocenters. The molecule has 0 saturated carbocycles. The van der Waals surface area contributed by atoms with Crippen molar-refractivity contribution >= 4 is 27.8 Å². The first-order valence-electron chi connectivity index (χ1n) is 10.6. The molecule has 1 aliphatic heterocycles. The van der Waals surface area contributed by atoms with E-state index in [0.29, 0.717) is 0 Å². The molecule has 4 nitrogen and oxygen atoms in total. The van der Waals surface area contributed by atoms with Crippen molar-refractivity contribution in [2.75, 3.05) is 0 Å². The fourth-order valence-electron chi connectivity index (χ4n) is 4.43. The Bertz CT molecular complexity index is 1330. The summed E-state index contributed by atoms with van der Waals surface area (Å²) in [7, 11) is 0. The predicted molar refractivity (Wildman–Crippen MR) is 127 cm³/mol. The molecule has 2 heterocycles. The van der Waals surface area contributed by atoms with Gasteiger partial charge in [-0.2, -0.15) is 0 Å². The maximum Gasteiger partial charge on any atom is 0.206 e. The first-order valence-corrected chi connectivity index (χ1v) is 10.6. The van der Waals surface area contributed by atoms with Gasteiger partial charge in [-0.3, -0.25) is 9.88 Å². The third-order valence-electron chi connectivity index (χ3n) is 5.89. The lowest BCUT2D eigenvalue weighted by molar-refractivity contribution is 0.403. The van der Waals surface area contributed by atoms with Crippen LogP contribution in [0.5, 0.6) is 0 Å². The molecule has 0 amide bonds. The van der Waals surface area contributed by atoms with Crippen LogP contribution in [0.25, 0.3) is 21.8 Å². The summed E-state index contributed by atoms with van der Waals surface area (Å²) in [6, 6.07) is 37.9. The second-order valence-corrected chi connectivity index (χ2v) is 7.79. The summed E-state index contributed by atoms with van der Waals surface area (Å²) in [6.07, 6.45) is -0.207. The molecule has 0 aliphatic carbocycles. The van der Waals surface area contributed by atoms with Crippen molar-refractivity contribution in [3.8, 4) is 0 Å².